The van der Waals surface area contributed by atoms with E-state index in [1.165, 1.54) is 12.5 Å². The number of likely N-dealkylation sites (tertiary alicyclic amines) is 1. The third kappa shape index (κ3) is 4.11. The first-order chi connectivity index (χ1) is 13.3. The highest BCUT2D eigenvalue weighted by atomic mass is 16.6. The van der Waals surface area contributed by atoms with Crippen LogP contribution in [0.2, 0.25) is 0 Å². The summed E-state index contributed by atoms with van der Waals surface area (Å²) in [6, 6.07) is 10.1. The average Bonchev–Trinajstić information content (AvgIpc) is 2.91. The van der Waals surface area contributed by atoms with Gasteiger partial charge in [-0.3, -0.25) is 9.59 Å². The molecular formula is C22H28N2O4. The number of esters is 1. The number of ether oxygens (including phenoxy) is 1. The van der Waals surface area contributed by atoms with Crippen molar-refractivity contribution in [3.05, 3.63) is 47.0 Å². The second-order valence-electron chi connectivity index (χ2n) is 7.79. The van der Waals surface area contributed by atoms with Gasteiger partial charge in [0.1, 0.15) is 5.60 Å². The van der Waals surface area contributed by atoms with Crippen LogP contribution in [0.4, 0.5) is 0 Å². The van der Waals surface area contributed by atoms with Gasteiger partial charge in [-0.25, -0.2) is 4.79 Å². The van der Waals surface area contributed by atoms with Gasteiger partial charge in [0, 0.05) is 44.5 Å². The standard InChI is InChI=1S/C22H28N2O4/c1-15(9-10-18-7-5-4-6-8-18)23-20(26)19-16(2)21(27)28-22(19)11-13-24(14-12-22)17(3)25/h4-8,15H,9-14H2,1-3H3,(H,23,26). The van der Waals surface area contributed by atoms with Gasteiger partial charge < -0.3 is 15.0 Å². The maximum Gasteiger partial charge on any atom is 0.335 e. The van der Waals surface area contributed by atoms with Crippen LogP contribution in [0.25, 0.3) is 0 Å². The van der Waals surface area contributed by atoms with E-state index in [-0.39, 0.29) is 17.9 Å². The van der Waals surface area contributed by atoms with Crippen molar-refractivity contribution >= 4 is 17.8 Å². The van der Waals surface area contributed by atoms with Crippen LogP contribution < -0.4 is 5.32 Å². The van der Waals surface area contributed by atoms with Crippen molar-refractivity contribution in [1.82, 2.24) is 10.2 Å². The molecule has 150 valence electrons. The Kier molecular flexibility index (Phi) is 5.87. The van der Waals surface area contributed by atoms with E-state index in [2.05, 4.69) is 17.4 Å². The zero-order chi connectivity index (χ0) is 20.3. The Hall–Kier alpha value is -2.63. The first kappa shape index (κ1) is 20.1. The number of rotatable bonds is 5. The lowest BCUT2D eigenvalue weighted by Crippen LogP contribution is -2.50. The van der Waals surface area contributed by atoms with Gasteiger partial charge in [-0.2, -0.15) is 0 Å². The van der Waals surface area contributed by atoms with Crippen LogP contribution in [0.5, 0.6) is 0 Å². The molecule has 2 aliphatic rings. The molecule has 0 saturated carbocycles. The summed E-state index contributed by atoms with van der Waals surface area (Å²) >= 11 is 0. The van der Waals surface area contributed by atoms with Gasteiger partial charge in [-0.05, 0) is 32.3 Å². The topological polar surface area (TPSA) is 75.7 Å². The summed E-state index contributed by atoms with van der Waals surface area (Å²) in [6.45, 7) is 6.12. The number of hydrogen-bond donors (Lipinski definition) is 1. The zero-order valence-electron chi connectivity index (χ0n) is 16.8. The maximum atomic E-state index is 13.0. The van der Waals surface area contributed by atoms with Crippen molar-refractivity contribution in [3.63, 3.8) is 0 Å². The van der Waals surface area contributed by atoms with Crippen molar-refractivity contribution in [3.8, 4) is 0 Å². The van der Waals surface area contributed by atoms with Gasteiger partial charge in [-0.1, -0.05) is 30.3 Å². The fourth-order valence-electron chi connectivity index (χ4n) is 4.06. The molecule has 1 N–H and O–H groups in total. The average molecular weight is 384 g/mol. The molecule has 1 atom stereocenters. The van der Waals surface area contributed by atoms with E-state index in [0.717, 1.165) is 12.8 Å². The monoisotopic (exact) mass is 384 g/mol. The molecule has 1 fully saturated rings. The summed E-state index contributed by atoms with van der Waals surface area (Å²) in [7, 11) is 0. The molecule has 1 aromatic carbocycles. The number of nitrogens with zero attached hydrogens (tertiary/aromatic N) is 1. The summed E-state index contributed by atoms with van der Waals surface area (Å²) in [4.78, 5) is 38.6. The minimum atomic E-state index is -0.906. The van der Waals surface area contributed by atoms with Gasteiger partial charge in [0.2, 0.25) is 5.91 Å². The highest BCUT2D eigenvalue weighted by Gasteiger charge is 2.51. The molecule has 28 heavy (non-hydrogen) atoms. The SMILES string of the molecule is CC(=O)N1CCC2(CC1)OC(=O)C(C)=C2C(=O)NC(C)CCc1ccccc1. The molecule has 6 nitrogen and oxygen atoms in total. The Bertz CT molecular complexity index is 792. The molecule has 2 aliphatic heterocycles. The summed E-state index contributed by atoms with van der Waals surface area (Å²) in [6.07, 6.45) is 2.59. The van der Waals surface area contributed by atoms with E-state index in [0.29, 0.717) is 37.1 Å². The summed E-state index contributed by atoms with van der Waals surface area (Å²) in [5.74, 6) is -0.668. The largest absolute Gasteiger partial charge is 0.450 e. The molecule has 3 rings (SSSR count). The number of nitrogens with one attached hydrogen (secondary N) is 1. The number of hydrogen-bond acceptors (Lipinski definition) is 4. The smallest absolute Gasteiger partial charge is 0.335 e. The van der Waals surface area contributed by atoms with E-state index in [1.54, 1.807) is 11.8 Å². The number of amides is 2. The van der Waals surface area contributed by atoms with Crippen LogP contribution >= 0.6 is 0 Å². The van der Waals surface area contributed by atoms with Gasteiger partial charge in [-0.15, -0.1) is 0 Å². The minimum Gasteiger partial charge on any atom is -0.450 e. The predicted molar refractivity (Wildman–Crippen MR) is 105 cm³/mol. The molecule has 1 saturated heterocycles. The second kappa shape index (κ2) is 8.17. The molecule has 0 aliphatic carbocycles. The Morgan fingerprint density at radius 2 is 1.86 bits per heavy atom. The van der Waals surface area contributed by atoms with Crippen LogP contribution in [-0.4, -0.2) is 47.4 Å². The van der Waals surface area contributed by atoms with Crippen molar-refractivity contribution in [1.29, 1.82) is 0 Å². The van der Waals surface area contributed by atoms with Crippen molar-refractivity contribution in [2.75, 3.05) is 13.1 Å². The first-order valence-electron chi connectivity index (χ1n) is 9.87. The number of piperidine rings is 1. The highest BCUT2D eigenvalue weighted by molar-refractivity contribution is 6.07. The van der Waals surface area contributed by atoms with E-state index >= 15 is 0 Å². The molecule has 0 radical (unpaired) electrons. The maximum absolute atomic E-state index is 13.0. The van der Waals surface area contributed by atoms with Gasteiger partial charge >= 0.3 is 5.97 Å². The summed E-state index contributed by atoms with van der Waals surface area (Å²) in [5, 5.41) is 3.04. The minimum absolute atomic E-state index is 0.000380. The number of aryl methyl sites for hydroxylation is 1. The van der Waals surface area contributed by atoms with Crippen LogP contribution in [0.3, 0.4) is 0 Å². The van der Waals surface area contributed by atoms with Gasteiger partial charge in [0.05, 0.1) is 5.57 Å². The summed E-state index contributed by atoms with van der Waals surface area (Å²) in [5.41, 5.74) is 1.14. The normalized spacial score (nSPS) is 19.5. The zero-order valence-corrected chi connectivity index (χ0v) is 16.8. The van der Waals surface area contributed by atoms with Crippen LogP contribution in [0, 0.1) is 0 Å². The molecule has 1 unspecified atom stereocenters. The molecule has 1 spiro atoms. The van der Waals surface area contributed by atoms with Crippen molar-refractivity contribution in [2.24, 2.45) is 0 Å². The van der Waals surface area contributed by atoms with Crippen molar-refractivity contribution in [2.45, 2.75) is 58.1 Å². The number of carbonyl (C=O) groups excluding carboxylic acids is 3. The molecular weight excluding hydrogens is 356 g/mol. The third-order valence-corrected chi connectivity index (χ3v) is 5.75. The second-order valence-corrected chi connectivity index (χ2v) is 7.79. The fraction of sp³-hybridized carbons (Fsp3) is 0.500. The highest BCUT2D eigenvalue weighted by Crippen LogP contribution is 2.41. The third-order valence-electron chi connectivity index (χ3n) is 5.75. The Morgan fingerprint density at radius 1 is 1.21 bits per heavy atom. The molecule has 6 heteroatoms. The first-order valence-corrected chi connectivity index (χ1v) is 9.87. The lowest BCUT2D eigenvalue weighted by molar-refractivity contribution is -0.152. The number of carbonyl (C=O) groups is 3. The van der Waals surface area contributed by atoms with E-state index < -0.39 is 11.6 Å². The molecule has 1 aromatic rings. The molecule has 0 aromatic heterocycles. The lowest BCUT2D eigenvalue weighted by atomic mass is 9.82. The Labute approximate surface area is 165 Å². The predicted octanol–water partition coefficient (Wildman–Crippen LogP) is 2.38. The van der Waals surface area contributed by atoms with Gasteiger partial charge in [0.15, 0.2) is 0 Å². The quantitative estimate of drug-likeness (QED) is 0.791. The fourth-order valence-corrected chi connectivity index (χ4v) is 4.06. The lowest BCUT2D eigenvalue weighted by Gasteiger charge is -2.39. The van der Waals surface area contributed by atoms with Crippen LogP contribution in [0.1, 0.15) is 45.6 Å². The van der Waals surface area contributed by atoms with Gasteiger partial charge in [0.25, 0.3) is 5.91 Å². The van der Waals surface area contributed by atoms with Crippen LogP contribution in [0.15, 0.2) is 41.5 Å². The van der Waals surface area contributed by atoms with Crippen molar-refractivity contribution < 1.29 is 19.1 Å². The van der Waals surface area contributed by atoms with E-state index in [4.69, 9.17) is 4.74 Å². The number of benzene rings is 1. The molecule has 0 bridgehead atoms. The molecule has 2 heterocycles. The van der Waals surface area contributed by atoms with E-state index in [1.807, 2.05) is 25.1 Å². The Balaban J connectivity index is 1.66. The Morgan fingerprint density at radius 3 is 2.46 bits per heavy atom. The van der Waals surface area contributed by atoms with E-state index in [9.17, 15) is 14.4 Å². The van der Waals surface area contributed by atoms with Crippen LogP contribution in [-0.2, 0) is 25.5 Å². The molecule has 2 amide bonds. The summed E-state index contributed by atoms with van der Waals surface area (Å²) < 4.78 is 5.66.